The number of hydrogen-bond acceptors (Lipinski definition) is 3. The number of nitrogens with zero attached hydrogens (tertiary/aromatic N) is 1. The second-order valence-electron chi connectivity index (χ2n) is 3.67. The Kier molecular flexibility index (Phi) is 3.27. The Bertz CT molecular complexity index is 326. The molecule has 1 aliphatic heterocycles. The van der Waals surface area contributed by atoms with Crippen LogP contribution in [0.5, 0.6) is 0 Å². The Labute approximate surface area is 97.0 Å². The predicted molar refractivity (Wildman–Crippen MR) is 63.0 cm³/mol. The summed E-state index contributed by atoms with van der Waals surface area (Å²) in [5.41, 5.74) is 1.37. The SMILES string of the molecule is CO[C@H]1CN(C)CCc2sc(Br)cc21. The van der Waals surface area contributed by atoms with Gasteiger partial charge in [0.2, 0.25) is 0 Å². The fourth-order valence-corrected chi connectivity index (χ4v) is 3.60. The first-order valence-electron chi connectivity index (χ1n) is 4.70. The highest BCUT2D eigenvalue weighted by molar-refractivity contribution is 9.11. The molecule has 2 heterocycles. The summed E-state index contributed by atoms with van der Waals surface area (Å²) >= 11 is 5.37. The molecule has 0 saturated carbocycles. The largest absolute Gasteiger partial charge is 0.375 e. The minimum absolute atomic E-state index is 0.236. The Hall–Kier alpha value is 0.100. The Balaban J connectivity index is 2.33. The Morgan fingerprint density at radius 2 is 2.43 bits per heavy atom. The number of fused-ring (bicyclic) bond motifs is 1. The molecule has 0 radical (unpaired) electrons. The Morgan fingerprint density at radius 1 is 1.64 bits per heavy atom. The lowest BCUT2D eigenvalue weighted by atomic mass is 10.1. The van der Waals surface area contributed by atoms with E-state index in [1.807, 2.05) is 11.3 Å². The standard InChI is InChI=1S/C10H14BrNOS/c1-12-4-3-9-7(5-10(11)14-9)8(6-12)13-2/h5,8H,3-4,6H2,1-2H3/t8-/m0/s1. The first-order valence-corrected chi connectivity index (χ1v) is 6.31. The van der Waals surface area contributed by atoms with Gasteiger partial charge in [-0.3, -0.25) is 0 Å². The van der Waals surface area contributed by atoms with Crippen molar-refractivity contribution < 1.29 is 4.74 Å². The molecule has 14 heavy (non-hydrogen) atoms. The van der Waals surface area contributed by atoms with Gasteiger partial charge < -0.3 is 9.64 Å². The van der Waals surface area contributed by atoms with E-state index in [0.29, 0.717) is 0 Å². The molecule has 0 unspecified atom stereocenters. The van der Waals surface area contributed by atoms with Gasteiger partial charge in [0.1, 0.15) is 0 Å². The smallest absolute Gasteiger partial charge is 0.0958 e. The summed E-state index contributed by atoms with van der Waals surface area (Å²) in [6.45, 7) is 2.12. The highest BCUT2D eigenvalue weighted by Gasteiger charge is 2.22. The molecule has 0 N–H and O–H groups in total. The quantitative estimate of drug-likeness (QED) is 0.782. The van der Waals surface area contributed by atoms with Gasteiger partial charge in [0.25, 0.3) is 0 Å². The first kappa shape index (κ1) is 10.6. The number of halogens is 1. The molecule has 0 bridgehead atoms. The number of hydrogen-bond donors (Lipinski definition) is 0. The van der Waals surface area contributed by atoms with Crippen LogP contribution >= 0.6 is 27.3 Å². The molecule has 1 aromatic heterocycles. The first-order chi connectivity index (χ1) is 6.70. The van der Waals surface area contributed by atoms with E-state index in [4.69, 9.17) is 4.74 Å². The van der Waals surface area contributed by atoms with Crippen LogP contribution in [0.15, 0.2) is 9.85 Å². The van der Waals surface area contributed by atoms with Gasteiger partial charge >= 0.3 is 0 Å². The third-order valence-corrected chi connectivity index (χ3v) is 4.35. The van der Waals surface area contributed by atoms with E-state index in [0.717, 1.165) is 19.5 Å². The lowest BCUT2D eigenvalue weighted by Crippen LogP contribution is -2.24. The summed E-state index contributed by atoms with van der Waals surface area (Å²) < 4.78 is 6.74. The van der Waals surface area contributed by atoms with Gasteiger partial charge in [-0.15, -0.1) is 11.3 Å². The second kappa shape index (κ2) is 4.31. The molecule has 0 aromatic carbocycles. The molecule has 0 aliphatic carbocycles. The summed E-state index contributed by atoms with van der Waals surface area (Å²) in [7, 11) is 3.94. The lowest BCUT2D eigenvalue weighted by molar-refractivity contribution is 0.0763. The molecule has 1 atom stereocenters. The van der Waals surface area contributed by atoms with Crippen molar-refractivity contribution in [3.05, 3.63) is 20.3 Å². The van der Waals surface area contributed by atoms with Crippen molar-refractivity contribution in [3.8, 4) is 0 Å². The number of likely N-dealkylation sites (N-methyl/N-ethyl adjacent to an activating group) is 1. The van der Waals surface area contributed by atoms with Gasteiger partial charge in [-0.1, -0.05) is 0 Å². The highest BCUT2D eigenvalue weighted by atomic mass is 79.9. The van der Waals surface area contributed by atoms with Gasteiger partial charge in [-0.05, 0) is 41.0 Å². The normalized spacial score (nSPS) is 23.2. The van der Waals surface area contributed by atoms with Crippen molar-refractivity contribution in [2.24, 2.45) is 0 Å². The zero-order valence-corrected chi connectivity index (χ0v) is 10.8. The van der Waals surface area contributed by atoms with E-state index in [-0.39, 0.29) is 6.10 Å². The van der Waals surface area contributed by atoms with Crippen LogP contribution in [0.25, 0.3) is 0 Å². The van der Waals surface area contributed by atoms with Crippen molar-refractivity contribution in [3.63, 3.8) is 0 Å². The average molecular weight is 276 g/mol. The van der Waals surface area contributed by atoms with Crippen molar-refractivity contribution in [1.29, 1.82) is 0 Å². The van der Waals surface area contributed by atoms with Crippen LogP contribution in [-0.4, -0.2) is 32.1 Å². The second-order valence-corrected chi connectivity index (χ2v) is 6.18. The fraction of sp³-hybridized carbons (Fsp3) is 0.600. The zero-order chi connectivity index (χ0) is 10.1. The van der Waals surface area contributed by atoms with Gasteiger partial charge in [0, 0.05) is 25.1 Å². The summed E-state index contributed by atoms with van der Waals surface area (Å²) in [5, 5.41) is 0. The van der Waals surface area contributed by atoms with E-state index in [1.165, 1.54) is 14.2 Å². The molecule has 2 rings (SSSR count). The van der Waals surface area contributed by atoms with Crippen LogP contribution in [0.4, 0.5) is 0 Å². The number of thiophene rings is 1. The molecule has 0 saturated heterocycles. The molecule has 0 fully saturated rings. The molecule has 2 nitrogen and oxygen atoms in total. The topological polar surface area (TPSA) is 12.5 Å². The third-order valence-electron chi connectivity index (χ3n) is 2.64. The molecular formula is C10H14BrNOS. The maximum Gasteiger partial charge on any atom is 0.0958 e. The minimum Gasteiger partial charge on any atom is -0.375 e. The summed E-state index contributed by atoms with van der Waals surface area (Å²) in [4.78, 5) is 3.79. The maximum atomic E-state index is 5.53. The molecule has 1 aliphatic rings. The monoisotopic (exact) mass is 275 g/mol. The molecule has 78 valence electrons. The number of methoxy groups -OCH3 is 1. The third kappa shape index (κ3) is 2.03. The van der Waals surface area contributed by atoms with Gasteiger partial charge in [-0.2, -0.15) is 0 Å². The maximum absolute atomic E-state index is 5.53. The van der Waals surface area contributed by atoms with Crippen LogP contribution in [0.1, 0.15) is 16.5 Å². The molecular weight excluding hydrogens is 262 g/mol. The van der Waals surface area contributed by atoms with Gasteiger partial charge in [0.15, 0.2) is 0 Å². The van der Waals surface area contributed by atoms with Crippen LogP contribution in [0, 0.1) is 0 Å². The van der Waals surface area contributed by atoms with E-state index in [2.05, 4.69) is 33.9 Å². The molecule has 4 heteroatoms. The molecule has 1 aromatic rings. The predicted octanol–water partition coefficient (Wildman–Crippen LogP) is 2.69. The summed E-state index contributed by atoms with van der Waals surface area (Å²) in [6.07, 6.45) is 1.38. The van der Waals surface area contributed by atoms with Crippen LogP contribution in [0.3, 0.4) is 0 Å². The van der Waals surface area contributed by atoms with Crippen molar-refractivity contribution >= 4 is 27.3 Å². The van der Waals surface area contributed by atoms with Crippen molar-refractivity contribution in [2.75, 3.05) is 27.2 Å². The Morgan fingerprint density at radius 3 is 3.14 bits per heavy atom. The van der Waals surface area contributed by atoms with E-state index in [9.17, 15) is 0 Å². The van der Waals surface area contributed by atoms with Crippen LogP contribution in [-0.2, 0) is 11.2 Å². The van der Waals surface area contributed by atoms with Crippen LogP contribution in [0.2, 0.25) is 0 Å². The summed E-state index contributed by atoms with van der Waals surface area (Å²) in [6, 6.07) is 2.20. The zero-order valence-electron chi connectivity index (χ0n) is 8.42. The van der Waals surface area contributed by atoms with E-state index < -0.39 is 0 Å². The highest BCUT2D eigenvalue weighted by Crippen LogP contribution is 2.35. The van der Waals surface area contributed by atoms with Crippen molar-refractivity contribution in [2.45, 2.75) is 12.5 Å². The molecule has 0 spiro atoms. The van der Waals surface area contributed by atoms with Gasteiger partial charge in [0.05, 0.1) is 9.89 Å². The minimum atomic E-state index is 0.236. The fourth-order valence-electron chi connectivity index (χ4n) is 1.84. The lowest BCUT2D eigenvalue weighted by Gasteiger charge is -2.18. The van der Waals surface area contributed by atoms with Crippen molar-refractivity contribution in [1.82, 2.24) is 4.90 Å². The van der Waals surface area contributed by atoms with Gasteiger partial charge in [-0.25, -0.2) is 0 Å². The van der Waals surface area contributed by atoms with Crippen LogP contribution < -0.4 is 0 Å². The molecule has 0 amide bonds. The average Bonchev–Trinajstić information content (AvgIpc) is 2.46. The van der Waals surface area contributed by atoms with E-state index >= 15 is 0 Å². The summed E-state index contributed by atoms with van der Waals surface area (Å²) in [5.74, 6) is 0. The van der Waals surface area contributed by atoms with E-state index in [1.54, 1.807) is 7.11 Å². The number of ether oxygens (including phenoxy) is 1. The number of rotatable bonds is 1.